The minimum absolute atomic E-state index is 0.166. The number of halogens is 1. The predicted molar refractivity (Wildman–Crippen MR) is 122 cm³/mol. The van der Waals surface area contributed by atoms with Crippen molar-refractivity contribution in [2.24, 2.45) is 0 Å². The van der Waals surface area contributed by atoms with Crippen molar-refractivity contribution in [1.29, 1.82) is 0 Å². The number of para-hydroxylation sites is 1. The zero-order valence-electron chi connectivity index (χ0n) is 16.3. The second-order valence-electron chi connectivity index (χ2n) is 6.88. The minimum atomic E-state index is -3.73. The second kappa shape index (κ2) is 7.70. The molecule has 1 N–H and O–H groups in total. The van der Waals surface area contributed by atoms with Gasteiger partial charge in [0.2, 0.25) is 0 Å². The van der Waals surface area contributed by atoms with Crippen LogP contribution in [-0.2, 0) is 10.0 Å². The van der Waals surface area contributed by atoms with Crippen LogP contribution in [0.1, 0.15) is 11.4 Å². The number of fused-ring (bicyclic) bond motifs is 1. The number of hydrogen-bond donors (Lipinski definition) is 1. The Morgan fingerprint density at radius 2 is 1.67 bits per heavy atom. The van der Waals surface area contributed by atoms with E-state index in [0.717, 1.165) is 4.47 Å². The summed E-state index contributed by atoms with van der Waals surface area (Å²) in [5.74, 6) is 0.557. The van der Waals surface area contributed by atoms with Crippen molar-refractivity contribution in [3.8, 4) is 5.69 Å². The molecule has 0 aliphatic rings. The highest BCUT2D eigenvalue weighted by Gasteiger charge is 2.16. The molecule has 1 heterocycles. The van der Waals surface area contributed by atoms with Crippen molar-refractivity contribution in [1.82, 2.24) is 9.55 Å². The molecule has 0 amide bonds. The van der Waals surface area contributed by atoms with E-state index >= 15 is 0 Å². The van der Waals surface area contributed by atoms with E-state index in [2.05, 4.69) is 25.6 Å². The summed E-state index contributed by atoms with van der Waals surface area (Å²) in [4.78, 5) is 17.7. The van der Waals surface area contributed by atoms with E-state index in [1.165, 1.54) is 16.7 Å². The summed E-state index contributed by atoms with van der Waals surface area (Å²) in [7, 11) is -3.73. The third-order valence-corrected chi connectivity index (χ3v) is 6.69. The molecule has 152 valence electrons. The van der Waals surface area contributed by atoms with Gasteiger partial charge in [0.1, 0.15) is 5.82 Å². The first-order chi connectivity index (χ1) is 14.3. The first kappa shape index (κ1) is 20.3. The summed E-state index contributed by atoms with van der Waals surface area (Å²) in [6.45, 7) is 3.56. The number of nitrogens with zero attached hydrogens (tertiary/aromatic N) is 2. The molecule has 0 fully saturated rings. The van der Waals surface area contributed by atoms with Crippen LogP contribution >= 0.6 is 15.9 Å². The Hall–Kier alpha value is -2.97. The fourth-order valence-corrected chi connectivity index (χ4v) is 4.66. The number of benzene rings is 3. The van der Waals surface area contributed by atoms with Gasteiger partial charge in [-0.05, 0) is 74.0 Å². The summed E-state index contributed by atoms with van der Waals surface area (Å²) in [5, 5.41) is 0.528. The number of nitrogens with one attached hydrogen (secondary N) is 1. The molecule has 0 bridgehead atoms. The normalized spacial score (nSPS) is 11.6. The first-order valence-electron chi connectivity index (χ1n) is 9.14. The van der Waals surface area contributed by atoms with E-state index in [9.17, 15) is 13.2 Å². The number of sulfonamides is 1. The molecule has 0 spiro atoms. The second-order valence-corrected chi connectivity index (χ2v) is 9.47. The fraction of sp³-hybridized carbons (Fsp3) is 0.0909. The molecule has 8 heteroatoms. The van der Waals surface area contributed by atoms with E-state index in [1.807, 2.05) is 6.07 Å². The topological polar surface area (TPSA) is 81.1 Å². The zero-order chi connectivity index (χ0) is 21.5. The third kappa shape index (κ3) is 3.76. The maximum Gasteiger partial charge on any atom is 0.265 e. The van der Waals surface area contributed by atoms with Gasteiger partial charge < -0.3 is 0 Å². The van der Waals surface area contributed by atoms with Crippen molar-refractivity contribution < 1.29 is 8.42 Å². The van der Waals surface area contributed by atoms with E-state index < -0.39 is 10.0 Å². The Morgan fingerprint density at radius 3 is 2.37 bits per heavy atom. The number of rotatable bonds is 4. The highest BCUT2D eigenvalue weighted by molar-refractivity contribution is 9.10. The molecule has 4 aromatic rings. The van der Waals surface area contributed by atoms with E-state index in [-0.39, 0.29) is 10.5 Å². The average Bonchev–Trinajstić information content (AvgIpc) is 2.70. The summed E-state index contributed by atoms with van der Waals surface area (Å²) in [5.41, 5.74) is 2.24. The Morgan fingerprint density at radius 1 is 0.967 bits per heavy atom. The quantitative estimate of drug-likeness (QED) is 0.461. The largest absolute Gasteiger partial charge is 0.279 e. The van der Waals surface area contributed by atoms with Crippen molar-refractivity contribution in [3.05, 3.63) is 92.9 Å². The van der Waals surface area contributed by atoms with Crippen LogP contribution in [0.15, 0.2) is 80.9 Å². The molecule has 30 heavy (non-hydrogen) atoms. The van der Waals surface area contributed by atoms with Crippen molar-refractivity contribution >= 4 is 42.5 Å². The minimum Gasteiger partial charge on any atom is -0.279 e. The smallest absolute Gasteiger partial charge is 0.265 e. The SMILES string of the molecule is Cc1cc(-n2c(C)nc3ccccc3c2=O)ccc1NS(=O)(=O)c1ccc(Br)cc1. The number of aryl methyl sites for hydroxylation is 2. The molecule has 0 saturated carbocycles. The first-order valence-corrected chi connectivity index (χ1v) is 11.4. The summed E-state index contributed by atoms with van der Waals surface area (Å²) >= 11 is 3.30. The van der Waals surface area contributed by atoms with E-state index in [0.29, 0.717) is 33.7 Å². The molecule has 0 aliphatic heterocycles. The molecule has 0 saturated heterocycles. The van der Waals surface area contributed by atoms with Crippen LogP contribution in [0.3, 0.4) is 0 Å². The van der Waals surface area contributed by atoms with E-state index in [4.69, 9.17) is 0 Å². The van der Waals surface area contributed by atoms with Gasteiger partial charge in [0.05, 0.1) is 27.2 Å². The standard InChI is InChI=1S/C22H18BrN3O3S/c1-14-13-17(26-15(2)24-21-6-4-3-5-19(21)22(26)27)9-12-20(14)25-30(28,29)18-10-7-16(23)8-11-18/h3-13,25H,1-2H3. The number of aromatic nitrogens is 2. The van der Waals surface area contributed by atoms with Gasteiger partial charge >= 0.3 is 0 Å². The van der Waals surface area contributed by atoms with E-state index in [1.54, 1.807) is 62.4 Å². The maximum absolute atomic E-state index is 13.0. The molecule has 1 aromatic heterocycles. The molecular weight excluding hydrogens is 466 g/mol. The molecule has 0 aliphatic carbocycles. The average molecular weight is 484 g/mol. The summed E-state index contributed by atoms with van der Waals surface area (Å²) < 4.78 is 30.3. The molecule has 3 aromatic carbocycles. The molecule has 4 rings (SSSR count). The Kier molecular flexibility index (Phi) is 5.21. The fourth-order valence-electron chi connectivity index (χ4n) is 3.27. The maximum atomic E-state index is 13.0. The van der Waals surface area contributed by atoms with Gasteiger partial charge in [-0.15, -0.1) is 0 Å². The van der Waals surface area contributed by atoms with Gasteiger partial charge in [-0.3, -0.25) is 14.1 Å². The van der Waals surface area contributed by atoms with Gasteiger partial charge in [0.15, 0.2) is 0 Å². The van der Waals surface area contributed by atoms with Crippen LogP contribution in [0, 0.1) is 13.8 Å². The molecule has 0 radical (unpaired) electrons. The lowest BCUT2D eigenvalue weighted by molar-refractivity contribution is 0.601. The summed E-state index contributed by atoms with van der Waals surface area (Å²) in [6, 6.07) is 18.7. The Labute approximate surface area is 182 Å². The predicted octanol–water partition coefficient (Wildman–Crippen LogP) is 4.57. The van der Waals surface area contributed by atoms with Gasteiger partial charge in [-0.1, -0.05) is 28.1 Å². The number of anilines is 1. The number of hydrogen-bond acceptors (Lipinski definition) is 4. The molecule has 0 atom stereocenters. The Bertz CT molecular complexity index is 1430. The van der Waals surface area contributed by atoms with Gasteiger partial charge in [-0.25, -0.2) is 13.4 Å². The van der Waals surface area contributed by atoms with Crippen LogP contribution in [0.2, 0.25) is 0 Å². The van der Waals surface area contributed by atoms with Crippen LogP contribution in [0.5, 0.6) is 0 Å². The highest BCUT2D eigenvalue weighted by Crippen LogP contribution is 2.24. The van der Waals surface area contributed by atoms with Crippen LogP contribution in [0.25, 0.3) is 16.6 Å². The van der Waals surface area contributed by atoms with Crippen LogP contribution < -0.4 is 10.3 Å². The van der Waals surface area contributed by atoms with Crippen molar-refractivity contribution in [2.45, 2.75) is 18.7 Å². The summed E-state index contributed by atoms with van der Waals surface area (Å²) in [6.07, 6.45) is 0. The van der Waals surface area contributed by atoms with Crippen LogP contribution in [-0.4, -0.2) is 18.0 Å². The van der Waals surface area contributed by atoms with Crippen molar-refractivity contribution in [2.75, 3.05) is 4.72 Å². The lowest BCUT2D eigenvalue weighted by atomic mass is 10.1. The molecule has 6 nitrogen and oxygen atoms in total. The molecular formula is C22H18BrN3O3S. The van der Waals surface area contributed by atoms with Gasteiger partial charge in [0, 0.05) is 4.47 Å². The van der Waals surface area contributed by atoms with Gasteiger partial charge in [0.25, 0.3) is 15.6 Å². The highest BCUT2D eigenvalue weighted by atomic mass is 79.9. The lowest BCUT2D eigenvalue weighted by Crippen LogP contribution is -2.22. The third-order valence-electron chi connectivity index (χ3n) is 4.78. The molecule has 0 unspecified atom stereocenters. The Balaban J connectivity index is 1.73. The lowest BCUT2D eigenvalue weighted by Gasteiger charge is -2.15. The van der Waals surface area contributed by atoms with Gasteiger partial charge in [-0.2, -0.15) is 0 Å². The monoisotopic (exact) mass is 483 g/mol. The zero-order valence-corrected chi connectivity index (χ0v) is 18.7. The van der Waals surface area contributed by atoms with Crippen LogP contribution in [0.4, 0.5) is 5.69 Å². The van der Waals surface area contributed by atoms with Crippen molar-refractivity contribution in [3.63, 3.8) is 0 Å².